The van der Waals surface area contributed by atoms with Gasteiger partial charge in [0.1, 0.15) is 0 Å². The van der Waals surface area contributed by atoms with Crippen molar-refractivity contribution in [3.05, 3.63) is 47.5 Å². The molecule has 0 aliphatic heterocycles. The topological polar surface area (TPSA) is 26.3 Å². The van der Waals surface area contributed by atoms with Crippen molar-refractivity contribution in [1.29, 1.82) is 0 Å². The third-order valence-electron chi connectivity index (χ3n) is 2.60. The van der Waals surface area contributed by atoms with Gasteiger partial charge in [-0.25, -0.2) is 0 Å². The van der Waals surface area contributed by atoms with Gasteiger partial charge in [-0.1, -0.05) is 43.1 Å². The molecule has 0 aromatic heterocycles. The Hall–Kier alpha value is -1.74. The minimum absolute atomic E-state index is 0.327. The lowest BCUT2D eigenvalue weighted by atomic mass is 9.93. The van der Waals surface area contributed by atoms with E-state index < -0.39 is 6.10 Å². The highest BCUT2D eigenvalue weighted by atomic mass is 32.1. The number of hydrogen-bond acceptors (Lipinski definition) is 3. The van der Waals surface area contributed by atoms with E-state index in [0.29, 0.717) is 4.86 Å². The third kappa shape index (κ3) is 2.34. The second kappa shape index (κ2) is 4.63. The zero-order chi connectivity index (χ0) is 12.4. The molecule has 1 aromatic carbocycles. The van der Waals surface area contributed by atoms with Crippen LogP contribution in [0.4, 0.5) is 0 Å². The van der Waals surface area contributed by atoms with Gasteiger partial charge in [0.05, 0.1) is 4.86 Å². The molecule has 1 aliphatic carbocycles. The highest BCUT2D eigenvalue weighted by Gasteiger charge is 2.23. The summed E-state index contributed by atoms with van der Waals surface area (Å²) in [7, 11) is 0. The fourth-order valence-corrected chi connectivity index (χ4v) is 2.05. The van der Waals surface area contributed by atoms with Crippen LogP contribution < -0.4 is 0 Å². The van der Waals surface area contributed by atoms with E-state index in [1.54, 1.807) is 12.2 Å². The molecule has 1 atom stereocenters. The predicted octanol–water partition coefficient (Wildman–Crippen LogP) is 3.33. The summed E-state index contributed by atoms with van der Waals surface area (Å²) in [6.45, 7) is 5.11. The minimum Gasteiger partial charge on any atom is -0.452 e. The second-order valence-electron chi connectivity index (χ2n) is 3.82. The van der Waals surface area contributed by atoms with Gasteiger partial charge in [-0.05, 0) is 23.3 Å². The van der Waals surface area contributed by atoms with Crippen LogP contribution in [0.1, 0.15) is 29.7 Å². The second-order valence-corrected chi connectivity index (χ2v) is 4.29. The first-order valence-corrected chi connectivity index (χ1v) is 5.68. The first kappa shape index (κ1) is 11.7. The maximum atomic E-state index is 11.1. The summed E-state index contributed by atoms with van der Waals surface area (Å²) in [6.07, 6.45) is 5.08. The number of rotatable bonds is 2. The van der Waals surface area contributed by atoms with Crippen molar-refractivity contribution in [2.45, 2.75) is 13.0 Å². The first-order valence-electron chi connectivity index (χ1n) is 5.27. The van der Waals surface area contributed by atoms with Crippen molar-refractivity contribution < 1.29 is 9.53 Å². The Morgan fingerprint density at radius 3 is 2.88 bits per heavy atom. The van der Waals surface area contributed by atoms with E-state index >= 15 is 0 Å². The van der Waals surface area contributed by atoms with E-state index in [1.807, 2.05) is 24.3 Å². The van der Waals surface area contributed by atoms with Crippen molar-refractivity contribution in [3.63, 3.8) is 0 Å². The van der Waals surface area contributed by atoms with Crippen LogP contribution in [0.15, 0.2) is 30.9 Å². The third-order valence-corrected chi connectivity index (χ3v) is 2.95. The van der Waals surface area contributed by atoms with Crippen LogP contribution in [0.3, 0.4) is 0 Å². The lowest BCUT2D eigenvalue weighted by molar-refractivity contribution is -0.143. The fourth-order valence-electron chi connectivity index (χ4n) is 1.80. The molecule has 86 valence electrons. The van der Waals surface area contributed by atoms with Crippen LogP contribution in [-0.4, -0.2) is 10.8 Å². The van der Waals surface area contributed by atoms with Crippen molar-refractivity contribution in [2.75, 3.05) is 0 Å². The quantitative estimate of drug-likeness (QED) is 0.589. The van der Waals surface area contributed by atoms with Crippen molar-refractivity contribution in [2.24, 2.45) is 0 Å². The van der Waals surface area contributed by atoms with Gasteiger partial charge >= 0.3 is 5.97 Å². The van der Waals surface area contributed by atoms with E-state index in [4.69, 9.17) is 17.0 Å². The Balaban J connectivity index is 2.46. The molecule has 0 saturated heterocycles. The lowest BCUT2D eigenvalue weighted by Crippen LogP contribution is -2.18. The average Bonchev–Trinajstić information content (AvgIpc) is 2.32. The van der Waals surface area contributed by atoms with Crippen molar-refractivity contribution in [1.82, 2.24) is 0 Å². The number of ether oxygens (including phenoxy) is 1. The van der Waals surface area contributed by atoms with E-state index in [-0.39, 0.29) is 5.97 Å². The molecule has 0 heterocycles. The summed E-state index contributed by atoms with van der Waals surface area (Å²) in [6, 6.07) is 5.86. The Labute approximate surface area is 106 Å². The summed E-state index contributed by atoms with van der Waals surface area (Å²) >= 11 is 5.20. The molecule has 0 bridgehead atoms. The maximum Gasteiger partial charge on any atom is 0.303 e. The molecule has 0 fully saturated rings. The molecule has 2 rings (SSSR count). The van der Waals surface area contributed by atoms with E-state index in [2.05, 4.69) is 6.58 Å². The van der Waals surface area contributed by atoms with Crippen molar-refractivity contribution >= 4 is 35.2 Å². The molecular weight excluding hydrogens is 232 g/mol. The lowest BCUT2D eigenvalue weighted by Gasteiger charge is -2.22. The molecule has 17 heavy (non-hydrogen) atoms. The highest BCUT2D eigenvalue weighted by molar-refractivity contribution is 7.80. The van der Waals surface area contributed by atoms with Gasteiger partial charge in [-0.3, -0.25) is 4.79 Å². The molecule has 1 aromatic rings. The standard InChI is InChI=1S/C14H12O2S/c1-3-10-4-6-12-11(8-10)5-7-13(17)14(12)16-9(2)15/h3-8,14H,1H2,2H3. The van der Waals surface area contributed by atoms with Crippen LogP contribution in [0.2, 0.25) is 0 Å². The fraction of sp³-hybridized carbons (Fsp3) is 0.143. The number of benzene rings is 1. The summed E-state index contributed by atoms with van der Waals surface area (Å²) < 4.78 is 5.25. The molecule has 0 amide bonds. The molecule has 2 nitrogen and oxygen atoms in total. The summed E-state index contributed by atoms with van der Waals surface area (Å²) in [5.41, 5.74) is 2.98. The summed E-state index contributed by atoms with van der Waals surface area (Å²) in [4.78, 5) is 11.7. The molecule has 0 saturated carbocycles. The molecule has 0 spiro atoms. The molecular formula is C14H12O2S. The Morgan fingerprint density at radius 1 is 1.47 bits per heavy atom. The predicted molar refractivity (Wildman–Crippen MR) is 72.7 cm³/mol. The largest absolute Gasteiger partial charge is 0.452 e. The first-order chi connectivity index (χ1) is 8.11. The average molecular weight is 244 g/mol. The number of carbonyl (C=O) groups is 1. The summed E-state index contributed by atoms with van der Waals surface area (Å²) in [5.74, 6) is -0.327. The molecule has 1 aliphatic rings. The van der Waals surface area contributed by atoms with Gasteiger partial charge in [-0.2, -0.15) is 0 Å². The Bertz CT molecular complexity index is 529. The Morgan fingerprint density at radius 2 is 2.24 bits per heavy atom. The van der Waals surface area contributed by atoms with Gasteiger partial charge in [-0.15, -0.1) is 0 Å². The smallest absolute Gasteiger partial charge is 0.303 e. The number of thiocarbonyl (C=S) groups is 1. The number of fused-ring (bicyclic) bond motifs is 1. The molecule has 3 heteroatoms. The van der Waals surface area contributed by atoms with Crippen LogP contribution in [-0.2, 0) is 9.53 Å². The number of hydrogen-bond donors (Lipinski definition) is 0. The highest BCUT2D eigenvalue weighted by Crippen LogP contribution is 2.30. The van der Waals surface area contributed by atoms with E-state index in [1.165, 1.54) is 6.92 Å². The van der Waals surface area contributed by atoms with Crippen molar-refractivity contribution in [3.8, 4) is 0 Å². The molecule has 1 unspecified atom stereocenters. The van der Waals surface area contributed by atoms with Crippen LogP contribution in [0.5, 0.6) is 0 Å². The van der Waals surface area contributed by atoms with Gasteiger partial charge in [0.2, 0.25) is 0 Å². The van der Waals surface area contributed by atoms with E-state index in [9.17, 15) is 4.79 Å². The Kier molecular flexibility index (Phi) is 3.20. The molecule has 0 radical (unpaired) electrons. The van der Waals surface area contributed by atoms with Gasteiger partial charge in [0.15, 0.2) is 6.10 Å². The zero-order valence-corrected chi connectivity index (χ0v) is 10.3. The van der Waals surface area contributed by atoms with E-state index in [0.717, 1.165) is 16.7 Å². The zero-order valence-electron chi connectivity index (χ0n) is 9.47. The number of carbonyl (C=O) groups excluding carboxylic acids is 1. The van der Waals surface area contributed by atoms with Crippen LogP contribution in [0.25, 0.3) is 12.2 Å². The van der Waals surface area contributed by atoms with Gasteiger partial charge in [0.25, 0.3) is 0 Å². The monoisotopic (exact) mass is 244 g/mol. The van der Waals surface area contributed by atoms with Gasteiger partial charge in [0, 0.05) is 12.5 Å². The van der Waals surface area contributed by atoms with Crippen LogP contribution >= 0.6 is 12.2 Å². The van der Waals surface area contributed by atoms with Gasteiger partial charge < -0.3 is 4.74 Å². The number of esters is 1. The molecule has 0 N–H and O–H groups in total. The van der Waals surface area contributed by atoms with Crippen LogP contribution in [0, 0.1) is 0 Å². The normalized spacial score (nSPS) is 17.5. The SMILES string of the molecule is C=Cc1ccc2c(c1)C=CC(=S)C2OC(C)=O. The minimum atomic E-state index is -0.443. The summed E-state index contributed by atoms with van der Waals surface area (Å²) in [5, 5.41) is 0. The maximum absolute atomic E-state index is 11.1.